The largest absolute Gasteiger partial charge is 0.598 e. The fourth-order valence-corrected chi connectivity index (χ4v) is 3.61. The molecule has 0 spiro atoms. The maximum atomic E-state index is 15.1. The van der Waals surface area contributed by atoms with Gasteiger partial charge >= 0.3 is 5.92 Å². The van der Waals surface area contributed by atoms with Crippen molar-refractivity contribution in [1.29, 1.82) is 0 Å². The van der Waals surface area contributed by atoms with Gasteiger partial charge in [-0.1, -0.05) is 26.8 Å². The van der Waals surface area contributed by atoms with E-state index in [1.54, 1.807) is 26.8 Å². The van der Waals surface area contributed by atoms with Crippen LogP contribution in [-0.2, 0) is 21.7 Å². The molecule has 4 nitrogen and oxygen atoms in total. The second-order valence-electron chi connectivity index (χ2n) is 8.96. The number of pyridine rings is 1. The first-order valence-corrected chi connectivity index (χ1v) is 12.8. The summed E-state index contributed by atoms with van der Waals surface area (Å²) in [6.07, 6.45) is 1.33. The van der Waals surface area contributed by atoms with Gasteiger partial charge in [0.25, 0.3) is 0 Å². The molecule has 1 aromatic heterocycles. The summed E-state index contributed by atoms with van der Waals surface area (Å²) in [6.45, 7) is 15.1. The molecule has 1 rings (SSSR count). The summed E-state index contributed by atoms with van der Waals surface area (Å²) in [5, 5.41) is -0.110. The van der Waals surface area contributed by atoms with Crippen molar-refractivity contribution in [2.24, 2.45) is 0 Å². The maximum Gasteiger partial charge on any atom is 0.311 e. The van der Waals surface area contributed by atoms with Gasteiger partial charge in [-0.15, -0.1) is 4.72 Å². The molecular formula is C18H32F2N2O2SSi. The second kappa shape index (κ2) is 8.22. The molecular weight excluding hydrogens is 374 g/mol. The molecule has 26 heavy (non-hydrogen) atoms. The third-order valence-corrected chi connectivity index (χ3v) is 10.8. The minimum Gasteiger partial charge on any atom is -0.598 e. The Morgan fingerprint density at radius 3 is 2.19 bits per heavy atom. The van der Waals surface area contributed by atoms with Crippen LogP contribution >= 0.6 is 0 Å². The number of rotatable bonds is 7. The van der Waals surface area contributed by atoms with Gasteiger partial charge in [-0.05, 0) is 51.0 Å². The van der Waals surface area contributed by atoms with Crippen LogP contribution in [0.2, 0.25) is 18.1 Å². The summed E-state index contributed by atoms with van der Waals surface area (Å²) in [6, 6.07) is 2.94. The lowest BCUT2D eigenvalue weighted by atomic mass is 10.1. The predicted molar refractivity (Wildman–Crippen MR) is 106 cm³/mol. The Bertz CT molecular complexity index is 575. The Labute approximate surface area is 160 Å². The number of halogens is 2. The summed E-state index contributed by atoms with van der Waals surface area (Å²) in [4.78, 5) is 3.80. The molecule has 1 aromatic rings. The molecule has 1 heterocycles. The first kappa shape index (κ1) is 23.5. The lowest BCUT2D eigenvalue weighted by Crippen LogP contribution is -2.55. The van der Waals surface area contributed by atoms with Crippen molar-refractivity contribution in [3.63, 3.8) is 0 Å². The van der Waals surface area contributed by atoms with E-state index in [2.05, 4.69) is 9.71 Å². The minimum atomic E-state index is -3.31. The number of hydrogen-bond donors (Lipinski definition) is 1. The highest BCUT2D eigenvalue weighted by Crippen LogP contribution is 2.38. The van der Waals surface area contributed by atoms with Gasteiger partial charge in [0.05, 0.1) is 6.61 Å². The highest BCUT2D eigenvalue weighted by molar-refractivity contribution is 7.90. The Hall–Kier alpha value is -0.543. The Kier molecular flexibility index (Phi) is 7.43. The van der Waals surface area contributed by atoms with Gasteiger partial charge in [0, 0.05) is 17.6 Å². The SMILES string of the molecule is CC(C)(C)[S@@+]([O-])NC(CO[Si](C)(C)C(C)(C)C)C(F)(F)c1ccccn1. The smallest absolute Gasteiger partial charge is 0.311 e. The third-order valence-electron chi connectivity index (χ3n) is 4.67. The monoisotopic (exact) mass is 406 g/mol. The van der Waals surface area contributed by atoms with Gasteiger partial charge in [-0.2, -0.15) is 8.78 Å². The Morgan fingerprint density at radius 2 is 1.77 bits per heavy atom. The number of nitrogens with zero attached hydrogens (tertiary/aromatic N) is 1. The average molecular weight is 407 g/mol. The van der Waals surface area contributed by atoms with E-state index in [1.165, 1.54) is 18.3 Å². The number of alkyl halides is 2. The van der Waals surface area contributed by atoms with Gasteiger partial charge in [-0.25, -0.2) is 0 Å². The molecule has 0 radical (unpaired) electrons. The zero-order chi connectivity index (χ0) is 20.4. The van der Waals surface area contributed by atoms with Crippen LogP contribution in [0.25, 0.3) is 0 Å². The van der Waals surface area contributed by atoms with Crippen molar-refractivity contribution < 1.29 is 17.8 Å². The number of nitrogens with one attached hydrogen (secondary N) is 1. The molecule has 1 N–H and O–H groups in total. The first-order valence-electron chi connectivity index (χ1n) is 8.70. The van der Waals surface area contributed by atoms with Crippen LogP contribution in [0.15, 0.2) is 24.4 Å². The van der Waals surface area contributed by atoms with Crippen LogP contribution in [0.5, 0.6) is 0 Å². The standard InChI is InChI=1S/C18H32F2N2O2SSi/c1-16(2,3)25(23)22-15(13-24-26(7,8)17(4,5)6)18(19,20)14-11-9-10-12-21-14/h9-12,15,22H,13H2,1-8H3/t15?,25-/m1/s1. The van der Waals surface area contributed by atoms with E-state index in [9.17, 15) is 4.55 Å². The molecule has 0 aromatic carbocycles. The highest BCUT2D eigenvalue weighted by Gasteiger charge is 2.48. The van der Waals surface area contributed by atoms with Crippen molar-refractivity contribution in [3.8, 4) is 0 Å². The molecule has 150 valence electrons. The molecule has 1 unspecified atom stereocenters. The van der Waals surface area contributed by atoms with E-state index in [1.807, 2.05) is 33.9 Å². The van der Waals surface area contributed by atoms with Gasteiger partial charge in [0.1, 0.15) is 16.5 Å². The van der Waals surface area contributed by atoms with Crippen molar-refractivity contribution in [2.75, 3.05) is 6.61 Å². The lowest BCUT2D eigenvalue weighted by Gasteiger charge is -2.38. The summed E-state index contributed by atoms with van der Waals surface area (Å²) in [7, 11) is -2.24. The quantitative estimate of drug-likeness (QED) is 0.530. The van der Waals surface area contributed by atoms with Gasteiger partial charge in [0.2, 0.25) is 0 Å². The number of hydrogen-bond acceptors (Lipinski definition) is 4. The minimum absolute atomic E-state index is 0.110. The summed E-state index contributed by atoms with van der Waals surface area (Å²) < 4.78 is 50.6. The fourth-order valence-electron chi connectivity index (χ4n) is 1.77. The van der Waals surface area contributed by atoms with E-state index < -0.39 is 36.4 Å². The van der Waals surface area contributed by atoms with Crippen LogP contribution in [0.1, 0.15) is 47.2 Å². The van der Waals surface area contributed by atoms with E-state index in [4.69, 9.17) is 4.43 Å². The summed E-state index contributed by atoms with van der Waals surface area (Å²) in [5.74, 6) is -3.31. The Balaban J connectivity index is 3.10. The summed E-state index contributed by atoms with van der Waals surface area (Å²) in [5.41, 5.74) is -0.359. The molecule has 0 amide bonds. The Morgan fingerprint density at radius 1 is 1.19 bits per heavy atom. The fraction of sp³-hybridized carbons (Fsp3) is 0.722. The van der Waals surface area contributed by atoms with Crippen molar-refractivity contribution >= 4 is 19.7 Å². The lowest BCUT2D eigenvalue weighted by molar-refractivity contribution is -0.0542. The van der Waals surface area contributed by atoms with Gasteiger partial charge in [-0.3, -0.25) is 4.98 Å². The van der Waals surface area contributed by atoms with E-state index >= 15 is 8.78 Å². The summed E-state index contributed by atoms with van der Waals surface area (Å²) >= 11 is -1.66. The van der Waals surface area contributed by atoms with Crippen LogP contribution < -0.4 is 4.72 Å². The molecule has 0 saturated carbocycles. The second-order valence-corrected chi connectivity index (χ2v) is 15.8. The molecule has 0 bridgehead atoms. The zero-order valence-corrected chi connectivity index (χ0v) is 18.8. The van der Waals surface area contributed by atoms with Crippen molar-refractivity contribution in [3.05, 3.63) is 30.1 Å². The normalized spacial score (nSPS) is 16.4. The van der Waals surface area contributed by atoms with Crippen LogP contribution in [-0.4, -0.2) is 35.2 Å². The van der Waals surface area contributed by atoms with Gasteiger partial charge in [0.15, 0.2) is 8.32 Å². The average Bonchev–Trinajstić information content (AvgIpc) is 2.49. The molecule has 0 aliphatic rings. The molecule has 0 aliphatic carbocycles. The van der Waals surface area contributed by atoms with Crippen LogP contribution in [0.3, 0.4) is 0 Å². The van der Waals surface area contributed by atoms with E-state index in [0.717, 1.165) is 0 Å². The molecule has 2 atom stereocenters. The van der Waals surface area contributed by atoms with Gasteiger partial charge < -0.3 is 8.98 Å². The van der Waals surface area contributed by atoms with Crippen molar-refractivity contribution in [1.82, 2.24) is 9.71 Å². The molecule has 0 saturated heterocycles. The first-order chi connectivity index (χ1) is 11.6. The molecule has 0 fully saturated rings. The number of aromatic nitrogens is 1. The highest BCUT2D eigenvalue weighted by atomic mass is 32.2. The van der Waals surface area contributed by atoms with E-state index in [0.29, 0.717) is 0 Å². The van der Waals surface area contributed by atoms with E-state index in [-0.39, 0.29) is 17.3 Å². The maximum absolute atomic E-state index is 15.1. The zero-order valence-electron chi connectivity index (χ0n) is 17.0. The third kappa shape index (κ3) is 5.99. The predicted octanol–water partition coefficient (Wildman–Crippen LogP) is 4.62. The van der Waals surface area contributed by atoms with Crippen LogP contribution in [0.4, 0.5) is 8.78 Å². The van der Waals surface area contributed by atoms with Crippen molar-refractivity contribution in [2.45, 2.75) is 76.4 Å². The van der Waals surface area contributed by atoms with Crippen LogP contribution in [0, 0.1) is 0 Å². The topological polar surface area (TPSA) is 57.2 Å². The molecule has 8 heteroatoms. The molecule has 0 aliphatic heterocycles.